The molecule has 0 bridgehead atoms. The van der Waals surface area contributed by atoms with Gasteiger partial charge in [-0.25, -0.2) is 0 Å². The Hall–Kier alpha value is -0.980. The van der Waals surface area contributed by atoms with Gasteiger partial charge in [0.25, 0.3) is 0 Å². The second-order valence-corrected chi connectivity index (χ2v) is 7.31. The van der Waals surface area contributed by atoms with Crippen molar-refractivity contribution < 1.29 is 4.52 Å². The molecular weight excluding hydrogens is 302 g/mol. The van der Waals surface area contributed by atoms with Gasteiger partial charge in [0.2, 0.25) is 5.89 Å². The van der Waals surface area contributed by atoms with Crippen LogP contribution in [0.25, 0.3) is 0 Å². The minimum absolute atomic E-state index is 0.339. The first kappa shape index (κ1) is 14.9. The van der Waals surface area contributed by atoms with E-state index in [2.05, 4.69) is 46.6 Å². The molecule has 21 heavy (non-hydrogen) atoms. The Kier molecular flexibility index (Phi) is 4.87. The first-order valence-electron chi connectivity index (χ1n) is 7.03. The SMILES string of the molecule is CNC1CSCC1c1nc(CSc2ccc(C)cc2)no1. The minimum atomic E-state index is 0.339. The van der Waals surface area contributed by atoms with Gasteiger partial charge in [-0.1, -0.05) is 22.9 Å². The first-order chi connectivity index (χ1) is 10.3. The molecule has 0 aliphatic carbocycles. The predicted molar refractivity (Wildman–Crippen MR) is 88.0 cm³/mol. The highest BCUT2D eigenvalue weighted by atomic mass is 32.2. The fourth-order valence-corrected chi connectivity index (χ4v) is 4.50. The number of likely N-dealkylation sites (N-methyl/N-ethyl adjacent to an activating group) is 1. The highest BCUT2D eigenvalue weighted by Crippen LogP contribution is 2.32. The molecule has 1 aromatic heterocycles. The second kappa shape index (κ2) is 6.85. The molecule has 0 amide bonds. The summed E-state index contributed by atoms with van der Waals surface area (Å²) in [4.78, 5) is 5.80. The molecule has 1 N–H and O–H groups in total. The van der Waals surface area contributed by atoms with Crippen LogP contribution in [0.4, 0.5) is 0 Å². The van der Waals surface area contributed by atoms with Crippen molar-refractivity contribution in [1.82, 2.24) is 15.5 Å². The summed E-state index contributed by atoms with van der Waals surface area (Å²) in [7, 11) is 1.99. The van der Waals surface area contributed by atoms with Gasteiger partial charge >= 0.3 is 0 Å². The standard InChI is InChI=1S/C15H19N3OS2/c1-10-3-5-11(6-4-10)21-9-14-17-15(19-18-14)12-7-20-8-13(12)16-2/h3-6,12-13,16H,7-9H2,1-2H3. The lowest BCUT2D eigenvalue weighted by Gasteiger charge is -2.13. The van der Waals surface area contributed by atoms with Crippen LogP contribution in [0.1, 0.15) is 23.2 Å². The normalized spacial score (nSPS) is 21.8. The average molecular weight is 321 g/mol. The van der Waals surface area contributed by atoms with Crippen molar-refractivity contribution in [2.45, 2.75) is 29.5 Å². The van der Waals surface area contributed by atoms with Gasteiger partial charge in [-0.2, -0.15) is 16.7 Å². The van der Waals surface area contributed by atoms with E-state index in [0.29, 0.717) is 12.0 Å². The third-order valence-electron chi connectivity index (χ3n) is 3.64. The summed E-state index contributed by atoms with van der Waals surface area (Å²) in [5, 5.41) is 7.45. The molecule has 1 aromatic carbocycles. The van der Waals surface area contributed by atoms with Crippen molar-refractivity contribution in [2.75, 3.05) is 18.6 Å². The van der Waals surface area contributed by atoms with E-state index in [-0.39, 0.29) is 0 Å². The molecule has 1 saturated heterocycles. The summed E-state index contributed by atoms with van der Waals surface area (Å²) >= 11 is 3.67. The smallest absolute Gasteiger partial charge is 0.232 e. The topological polar surface area (TPSA) is 51.0 Å². The number of benzene rings is 1. The Morgan fingerprint density at radius 3 is 2.90 bits per heavy atom. The molecule has 0 radical (unpaired) electrons. The third kappa shape index (κ3) is 3.62. The second-order valence-electron chi connectivity index (χ2n) is 5.19. The lowest BCUT2D eigenvalue weighted by molar-refractivity contribution is 0.341. The summed E-state index contributed by atoms with van der Waals surface area (Å²) in [5.74, 6) is 4.80. The van der Waals surface area contributed by atoms with E-state index < -0.39 is 0 Å². The van der Waals surface area contributed by atoms with Gasteiger partial charge < -0.3 is 9.84 Å². The Morgan fingerprint density at radius 2 is 2.14 bits per heavy atom. The van der Waals surface area contributed by atoms with E-state index in [4.69, 9.17) is 4.52 Å². The van der Waals surface area contributed by atoms with Crippen molar-refractivity contribution in [1.29, 1.82) is 0 Å². The molecule has 0 saturated carbocycles. The molecule has 2 aromatic rings. The lowest BCUT2D eigenvalue weighted by Crippen LogP contribution is -2.31. The quantitative estimate of drug-likeness (QED) is 0.854. The molecule has 1 aliphatic rings. The van der Waals surface area contributed by atoms with Gasteiger partial charge in [-0.15, -0.1) is 11.8 Å². The molecule has 6 heteroatoms. The largest absolute Gasteiger partial charge is 0.339 e. The summed E-state index contributed by atoms with van der Waals surface area (Å²) in [6, 6.07) is 8.94. The molecule has 4 nitrogen and oxygen atoms in total. The number of nitrogens with zero attached hydrogens (tertiary/aromatic N) is 2. The number of rotatable bonds is 5. The Labute approximate surface area is 133 Å². The van der Waals surface area contributed by atoms with Gasteiger partial charge in [0.05, 0.1) is 11.7 Å². The first-order valence-corrected chi connectivity index (χ1v) is 9.17. The fraction of sp³-hybridized carbons (Fsp3) is 0.467. The van der Waals surface area contributed by atoms with Gasteiger partial charge in [-0.05, 0) is 26.1 Å². The van der Waals surface area contributed by atoms with Gasteiger partial charge in [0.1, 0.15) is 0 Å². The summed E-state index contributed by atoms with van der Waals surface area (Å²) < 4.78 is 5.46. The average Bonchev–Trinajstić information content (AvgIpc) is 3.15. The maximum absolute atomic E-state index is 5.46. The van der Waals surface area contributed by atoms with Crippen molar-refractivity contribution in [3.63, 3.8) is 0 Å². The van der Waals surface area contributed by atoms with Crippen LogP contribution in [0.5, 0.6) is 0 Å². The van der Waals surface area contributed by atoms with Crippen molar-refractivity contribution >= 4 is 23.5 Å². The molecule has 3 rings (SSSR count). The predicted octanol–water partition coefficient (Wildman–Crippen LogP) is 3.09. The highest BCUT2D eigenvalue weighted by Gasteiger charge is 2.32. The maximum Gasteiger partial charge on any atom is 0.232 e. The summed E-state index contributed by atoms with van der Waals surface area (Å²) in [5.41, 5.74) is 1.28. The van der Waals surface area contributed by atoms with Crippen molar-refractivity contribution in [2.24, 2.45) is 0 Å². The molecule has 2 heterocycles. The zero-order valence-corrected chi connectivity index (χ0v) is 13.8. The monoisotopic (exact) mass is 321 g/mol. The fourth-order valence-electron chi connectivity index (χ4n) is 2.34. The zero-order valence-electron chi connectivity index (χ0n) is 12.2. The number of hydrogen-bond acceptors (Lipinski definition) is 6. The van der Waals surface area contributed by atoms with Crippen LogP contribution in [-0.4, -0.2) is 34.7 Å². The van der Waals surface area contributed by atoms with Gasteiger partial charge in [-0.3, -0.25) is 0 Å². The minimum Gasteiger partial charge on any atom is -0.339 e. The van der Waals surface area contributed by atoms with E-state index in [9.17, 15) is 0 Å². The van der Waals surface area contributed by atoms with Gasteiger partial charge in [0, 0.05) is 22.4 Å². The van der Waals surface area contributed by atoms with E-state index in [1.807, 2.05) is 18.8 Å². The summed E-state index contributed by atoms with van der Waals surface area (Å²) in [6.07, 6.45) is 0. The number of hydrogen-bond donors (Lipinski definition) is 1. The number of thioether (sulfide) groups is 2. The van der Waals surface area contributed by atoms with Crippen LogP contribution in [0.3, 0.4) is 0 Å². The number of nitrogens with one attached hydrogen (secondary N) is 1. The van der Waals surface area contributed by atoms with E-state index in [1.165, 1.54) is 10.5 Å². The van der Waals surface area contributed by atoms with E-state index in [0.717, 1.165) is 29.0 Å². The molecule has 1 fully saturated rings. The highest BCUT2D eigenvalue weighted by molar-refractivity contribution is 7.99. The van der Waals surface area contributed by atoms with Crippen LogP contribution in [0.2, 0.25) is 0 Å². The van der Waals surface area contributed by atoms with Crippen molar-refractivity contribution in [3.05, 3.63) is 41.5 Å². The maximum atomic E-state index is 5.46. The molecule has 2 unspecified atom stereocenters. The van der Waals surface area contributed by atoms with Gasteiger partial charge in [0.15, 0.2) is 5.82 Å². The zero-order chi connectivity index (χ0) is 14.7. The van der Waals surface area contributed by atoms with Crippen molar-refractivity contribution in [3.8, 4) is 0 Å². The Bertz CT molecular complexity index is 585. The number of aromatic nitrogens is 2. The van der Waals surface area contributed by atoms with Crippen LogP contribution >= 0.6 is 23.5 Å². The van der Waals surface area contributed by atoms with E-state index >= 15 is 0 Å². The Balaban J connectivity index is 1.61. The molecule has 1 aliphatic heterocycles. The van der Waals surface area contributed by atoms with E-state index in [1.54, 1.807) is 11.8 Å². The third-order valence-corrected chi connectivity index (χ3v) is 5.84. The Morgan fingerprint density at radius 1 is 1.33 bits per heavy atom. The van der Waals surface area contributed by atoms with Crippen LogP contribution in [-0.2, 0) is 5.75 Å². The van der Waals surface area contributed by atoms with Crippen LogP contribution < -0.4 is 5.32 Å². The number of aryl methyl sites for hydroxylation is 1. The summed E-state index contributed by atoms with van der Waals surface area (Å²) in [6.45, 7) is 2.09. The molecular formula is C15H19N3OS2. The molecule has 0 spiro atoms. The molecule has 112 valence electrons. The lowest BCUT2D eigenvalue weighted by atomic mass is 10.0. The van der Waals surface area contributed by atoms with Crippen LogP contribution in [0, 0.1) is 6.92 Å². The van der Waals surface area contributed by atoms with Crippen LogP contribution in [0.15, 0.2) is 33.7 Å². The molecule has 2 atom stereocenters.